The minimum absolute atomic E-state index is 0.178. The van der Waals surface area contributed by atoms with Gasteiger partial charge in [-0.05, 0) is 36.2 Å². The number of hydrogen-bond donors (Lipinski definition) is 0. The van der Waals surface area contributed by atoms with Crippen LogP contribution in [0, 0.1) is 4.91 Å². The number of carbonyl (C=O) groups is 1. The summed E-state index contributed by atoms with van der Waals surface area (Å²) in [7, 11) is 0. The van der Waals surface area contributed by atoms with Gasteiger partial charge in [0, 0.05) is 6.42 Å². The standard InChI is InChI=1S/C10H11NO2/c1-8(12)2-3-9-4-6-10(11-13)7-5-9/h4-7H,2-3H2,1H3. The van der Waals surface area contributed by atoms with Crippen LogP contribution in [0.25, 0.3) is 0 Å². The van der Waals surface area contributed by atoms with Crippen molar-refractivity contribution in [3.8, 4) is 0 Å². The molecule has 0 heterocycles. The van der Waals surface area contributed by atoms with Gasteiger partial charge in [-0.15, -0.1) is 4.91 Å². The van der Waals surface area contributed by atoms with Crippen LogP contribution in [0.4, 0.5) is 5.69 Å². The second-order valence-electron chi connectivity index (χ2n) is 2.96. The van der Waals surface area contributed by atoms with Gasteiger partial charge < -0.3 is 4.79 Å². The van der Waals surface area contributed by atoms with Crippen molar-refractivity contribution in [2.45, 2.75) is 19.8 Å². The third-order valence-corrected chi connectivity index (χ3v) is 1.81. The molecule has 0 unspecified atom stereocenters. The average molecular weight is 177 g/mol. The molecule has 0 aliphatic rings. The van der Waals surface area contributed by atoms with Crippen LogP contribution in [0.3, 0.4) is 0 Å². The number of nitroso groups, excluding NO2 is 1. The fourth-order valence-corrected chi connectivity index (χ4v) is 1.04. The van der Waals surface area contributed by atoms with Crippen molar-refractivity contribution in [2.24, 2.45) is 5.18 Å². The lowest BCUT2D eigenvalue weighted by atomic mass is 10.1. The predicted molar refractivity (Wildman–Crippen MR) is 50.9 cm³/mol. The van der Waals surface area contributed by atoms with Crippen molar-refractivity contribution in [1.29, 1.82) is 0 Å². The first kappa shape index (κ1) is 9.58. The Balaban J connectivity index is 2.59. The van der Waals surface area contributed by atoms with Gasteiger partial charge in [0.05, 0.1) is 0 Å². The molecule has 0 atom stereocenters. The fourth-order valence-electron chi connectivity index (χ4n) is 1.04. The molecule has 0 aliphatic carbocycles. The summed E-state index contributed by atoms with van der Waals surface area (Å²) in [5.41, 5.74) is 1.48. The molecule has 3 heteroatoms. The molecule has 68 valence electrons. The highest BCUT2D eigenvalue weighted by atomic mass is 16.3. The predicted octanol–water partition coefficient (Wildman–Crippen LogP) is 2.61. The van der Waals surface area contributed by atoms with E-state index in [1.165, 1.54) is 0 Å². The van der Waals surface area contributed by atoms with E-state index in [-0.39, 0.29) is 5.78 Å². The maximum absolute atomic E-state index is 10.7. The molecule has 1 rings (SSSR count). The van der Waals surface area contributed by atoms with Crippen LogP contribution >= 0.6 is 0 Å². The Morgan fingerprint density at radius 3 is 2.38 bits per heavy atom. The lowest BCUT2D eigenvalue weighted by Gasteiger charge is -1.97. The first-order chi connectivity index (χ1) is 6.22. The number of hydrogen-bond acceptors (Lipinski definition) is 3. The fraction of sp³-hybridized carbons (Fsp3) is 0.300. The number of nitrogens with zero attached hydrogens (tertiary/aromatic N) is 1. The second kappa shape index (κ2) is 4.50. The molecule has 0 amide bonds. The normalized spacial score (nSPS) is 9.62. The van der Waals surface area contributed by atoms with Crippen LogP contribution in [0.2, 0.25) is 0 Å². The third kappa shape index (κ3) is 3.15. The van der Waals surface area contributed by atoms with Crippen LogP contribution in [0.1, 0.15) is 18.9 Å². The van der Waals surface area contributed by atoms with Gasteiger partial charge in [0.15, 0.2) is 0 Å². The van der Waals surface area contributed by atoms with Crippen LogP contribution in [-0.4, -0.2) is 5.78 Å². The van der Waals surface area contributed by atoms with Gasteiger partial charge in [-0.1, -0.05) is 12.1 Å². The number of rotatable bonds is 4. The van der Waals surface area contributed by atoms with Crippen molar-refractivity contribution in [1.82, 2.24) is 0 Å². The number of Topliss-reactive ketones (excluding diaryl/α,β-unsaturated/α-hetero) is 1. The van der Waals surface area contributed by atoms with Gasteiger partial charge in [0.2, 0.25) is 0 Å². The molecule has 0 radical (unpaired) electrons. The quantitative estimate of drug-likeness (QED) is 0.663. The van der Waals surface area contributed by atoms with Crippen LogP contribution < -0.4 is 0 Å². The van der Waals surface area contributed by atoms with Gasteiger partial charge >= 0.3 is 0 Å². The second-order valence-corrected chi connectivity index (χ2v) is 2.96. The topological polar surface area (TPSA) is 46.5 Å². The lowest BCUT2D eigenvalue weighted by Crippen LogP contribution is -1.93. The zero-order valence-corrected chi connectivity index (χ0v) is 7.49. The van der Waals surface area contributed by atoms with Crippen molar-refractivity contribution in [3.05, 3.63) is 34.7 Å². The summed E-state index contributed by atoms with van der Waals surface area (Å²) in [4.78, 5) is 20.8. The van der Waals surface area contributed by atoms with Crippen LogP contribution in [0.15, 0.2) is 29.4 Å². The third-order valence-electron chi connectivity index (χ3n) is 1.81. The molecule has 0 fully saturated rings. The van der Waals surface area contributed by atoms with E-state index in [0.717, 1.165) is 12.0 Å². The van der Waals surface area contributed by atoms with E-state index in [9.17, 15) is 9.70 Å². The van der Waals surface area contributed by atoms with Gasteiger partial charge in [-0.2, -0.15) is 0 Å². The highest BCUT2D eigenvalue weighted by molar-refractivity contribution is 5.75. The maximum Gasteiger partial charge on any atom is 0.130 e. The van der Waals surface area contributed by atoms with Crippen molar-refractivity contribution in [2.75, 3.05) is 0 Å². The zero-order valence-electron chi connectivity index (χ0n) is 7.49. The maximum atomic E-state index is 10.7. The molecule has 3 nitrogen and oxygen atoms in total. The molecule has 13 heavy (non-hydrogen) atoms. The van der Waals surface area contributed by atoms with Gasteiger partial charge in [0.25, 0.3) is 0 Å². The molecule has 0 saturated carbocycles. The molecule has 1 aromatic carbocycles. The van der Waals surface area contributed by atoms with E-state index in [2.05, 4.69) is 5.18 Å². The summed E-state index contributed by atoms with van der Waals surface area (Å²) in [5, 5.41) is 2.79. The summed E-state index contributed by atoms with van der Waals surface area (Å²) in [6, 6.07) is 6.95. The summed E-state index contributed by atoms with van der Waals surface area (Å²) >= 11 is 0. The monoisotopic (exact) mass is 177 g/mol. The number of ketones is 1. The molecular weight excluding hydrogens is 166 g/mol. The summed E-state index contributed by atoms with van der Waals surface area (Å²) in [5.74, 6) is 0.178. The Morgan fingerprint density at radius 2 is 1.92 bits per heavy atom. The Hall–Kier alpha value is -1.51. The molecule has 0 spiro atoms. The molecular formula is C10H11NO2. The molecule has 0 bridgehead atoms. The van der Waals surface area contributed by atoms with Gasteiger partial charge in [-0.25, -0.2) is 0 Å². The minimum Gasteiger partial charge on any atom is -0.300 e. The molecule has 0 aliphatic heterocycles. The first-order valence-corrected chi connectivity index (χ1v) is 4.14. The van der Waals surface area contributed by atoms with E-state index in [4.69, 9.17) is 0 Å². The summed E-state index contributed by atoms with van der Waals surface area (Å²) in [6.45, 7) is 1.57. The smallest absolute Gasteiger partial charge is 0.130 e. The number of carbonyl (C=O) groups excluding carboxylic acids is 1. The zero-order chi connectivity index (χ0) is 9.68. The number of aryl methyl sites for hydroxylation is 1. The van der Waals surface area contributed by atoms with E-state index >= 15 is 0 Å². The van der Waals surface area contributed by atoms with Crippen molar-refractivity contribution in [3.63, 3.8) is 0 Å². The minimum atomic E-state index is 0.178. The van der Waals surface area contributed by atoms with Crippen molar-refractivity contribution < 1.29 is 4.79 Å². The molecule has 0 N–H and O–H groups in total. The Labute approximate surface area is 76.7 Å². The van der Waals surface area contributed by atoms with Crippen LogP contribution in [-0.2, 0) is 11.2 Å². The van der Waals surface area contributed by atoms with E-state index < -0.39 is 0 Å². The van der Waals surface area contributed by atoms with E-state index in [1.807, 2.05) is 12.1 Å². The Kier molecular flexibility index (Phi) is 3.31. The summed E-state index contributed by atoms with van der Waals surface area (Å²) < 4.78 is 0. The number of benzene rings is 1. The van der Waals surface area contributed by atoms with E-state index in [0.29, 0.717) is 12.1 Å². The lowest BCUT2D eigenvalue weighted by molar-refractivity contribution is -0.116. The molecule has 1 aromatic rings. The SMILES string of the molecule is CC(=O)CCc1ccc(N=O)cc1. The Bertz CT molecular complexity index is 303. The Morgan fingerprint density at radius 1 is 1.31 bits per heavy atom. The van der Waals surface area contributed by atoms with Crippen molar-refractivity contribution >= 4 is 11.5 Å². The highest BCUT2D eigenvalue weighted by Gasteiger charge is 1.97. The van der Waals surface area contributed by atoms with Crippen LogP contribution in [0.5, 0.6) is 0 Å². The van der Waals surface area contributed by atoms with Gasteiger partial charge in [-0.3, -0.25) is 0 Å². The average Bonchev–Trinajstić information content (AvgIpc) is 2.15. The molecule has 0 aromatic heterocycles. The summed E-state index contributed by atoms with van der Waals surface area (Å²) in [6.07, 6.45) is 1.28. The first-order valence-electron chi connectivity index (χ1n) is 4.14. The molecule has 0 saturated heterocycles. The largest absolute Gasteiger partial charge is 0.300 e. The van der Waals surface area contributed by atoms with E-state index in [1.54, 1.807) is 19.1 Å². The van der Waals surface area contributed by atoms with Gasteiger partial charge in [0.1, 0.15) is 11.5 Å². The highest BCUT2D eigenvalue weighted by Crippen LogP contribution is 2.13.